The molecule has 0 rings (SSSR count). The Hall–Kier alpha value is -1.10. The van der Waals surface area contributed by atoms with E-state index in [2.05, 4.69) is 6.92 Å². The third-order valence-corrected chi connectivity index (χ3v) is 3.47. The van der Waals surface area contributed by atoms with Gasteiger partial charge in [-0.15, -0.1) is 0 Å². The molecule has 5 heteroatoms. The molecule has 0 saturated heterocycles. The fraction of sp³-hybridized carbons (Fsp3) is 0.875. The largest absolute Gasteiger partial charge is 0.465 e. The molecule has 0 fully saturated rings. The maximum Gasteiger partial charge on any atom is 0.323 e. The Morgan fingerprint density at radius 2 is 1.38 bits per heavy atom. The molecule has 0 aliphatic heterocycles. The summed E-state index contributed by atoms with van der Waals surface area (Å²) in [6.45, 7) is 2.61. The average Bonchev–Trinajstić information content (AvgIpc) is 2.43. The maximum atomic E-state index is 11.4. The molecule has 1 atom stereocenters. The van der Waals surface area contributed by atoms with Crippen molar-refractivity contribution in [1.82, 2.24) is 0 Å². The van der Waals surface area contributed by atoms with Gasteiger partial charge in [0.1, 0.15) is 6.04 Å². The molecule has 0 aromatic heterocycles. The van der Waals surface area contributed by atoms with Gasteiger partial charge in [-0.3, -0.25) is 9.59 Å². The van der Waals surface area contributed by atoms with Gasteiger partial charge >= 0.3 is 5.97 Å². The van der Waals surface area contributed by atoms with E-state index < -0.39 is 17.9 Å². The highest BCUT2D eigenvalue weighted by molar-refractivity contribution is 5.84. The Labute approximate surface area is 128 Å². The summed E-state index contributed by atoms with van der Waals surface area (Å²) in [7, 11) is 0. The van der Waals surface area contributed by atoms with Crippen LogP contribution in [0.1, 0.15) is 77.6 Å². The summed E-state index contributed by atoms with van der Waals surface area (Å²) in [6.07, 6.45) is 12.2. The number of unbranched alkanes of at least 4 members (excludes halogenated alkanes) is 9. The van der Waals surface area contributed by atoms with E-state index in [1.54, 1.807) is 0 Å². The van der Waals surface area contributed by atoms with Crippen LogP contribution in [0.15, 0.2) is 0 Å². The van der Waals surface area contributed by atoms with E-state index in [1.165, 1.54) is 51.4 Å². The Balaban J connectivity index is 3.28. The summed E-state index contributed by atoms with van der Waals surface area (Å²) in [5.41, 5.74) is 10.4. The predicted molar refractivity (Wildman–Crippen MR) is 84.6 cm³/mol. The molecule has 0 unspecified atom stereocenters. The molecule has 21 heavy (non-hydrogen) atoms. The molecule has 0 aliphatic carbocycles. The van der Waals surface area contributed by atoms with E-state index in [0.717, 1.165) is 12.8 Å². The second-order valence-electron chi connectivity index (χ2n) is 5.63. The van der Waals surface area contributed by atoms with Crippen molar-refractivity contribution in [3.63, 3.8) is 0 Å². The van der Waals surface area contributed by atoms with Crippen LogP contribution in [0, 0.1) is 0 Å². The molecular weight excluding hydrogens is 268 g/mol. The van der Waals surface area contributed by atoms with E-state index in [9.17, 15) is 9.59 Å². The van der Waals surface area contributed by atoms with Crippen LogP contribution in [0.3, 0.4) is 0 Å². The van der Waals surface area contributed by atoms with Gasteiger partial charge in [0.15, 0.2) is 0 Å². The zero-order valence-corrected chi connectivity index (χ0v) is 13.4. The lowest BCUT2D eigenvalue weighted by Gasteiger charge is -2.09. The number of primary amides is 1. The first kappa shape index (κ1) is 19.9. The fourth-order valence-electron chi connectivity index (χ4n) is 2.17. The van der Waals surface area contributed by atoms with Crippen molar-refractivity contribution in [1.29, 1.82) is 0 Å². The van der Waals surface area contributed by atoms with Crippen LogP contribution in [-0.2, 0) is 14.3 Å². The molecular formula is C16H32N2O3. The van der Waals surface area contributed by atoms with Crippen LogP contribution in [0.2, 0.25) is 0 Å². The quantitative estimate of drug-likeness (QED) is 0.381. The summed E-state index contributed by atoms with van der Waals surface area (Å²) in [5.74, 6) is -1.12. The molecule has 0 bridgehead atoms. The lowest BCUT2D eigenvalue weighted by Crippen LogP contribution is -2.36. The molecule has 0 radical (unpaired) electrons. The first-order chi connectivity index (χ1) is 10.1. The first-order valence-electron chi connectivity index (χ1n) is 8.28. The Bertz CT molecular complexity index is 283. The number of rotatable bonds is 14. The number of carbonyl (C=O) groups is 2. The second-order valence-corrected chi connectivity index (χ2v) is 5.63. The molecule has 0 spiro atoms. The van der Waals surface area contributed by atoms with Crippen molar-refractivity contribution < 1.29 is 14.3 Å². The minimum Gasteiger partial charge on any atom is -0.465 e. The zero-order valence-electron chi connectivity index (χ0n) is 13.4. The van der Waals surface area contributed by atoms with Crippen molar-refractivity contribution in [2.45, 2.75) is 83.6 Å². The first-order valence-corrected chi connectivity index (χ1v) is 8.28. The van der Waals surface area contributed by atoms with Crippen molar-refractivity contribution in [3.05, 3.63) is 0 Å². The standard InChI is InChI=1S/C16H32N2O3/c1-2-3-4-5-6-7-8-9-10-11-12-21-16(20)14(17)13-15(18)19/h14H,2-13,17H2,1H3,(H2,18,19)/t14-/m0/s1. The van der Waals surface area contributed by atoms with Crippen LogP contribution in [0.25, 0.3) is 0 Å². The van der Waals surface area contributed by atoms with Gasteiger partial charge in [-0.05, 0) is 6.42 Å². The van der Waals surface area contributed by atoms with E-state index in [0.29, 0.717) is 6.61 Å². The number of hydrogen-bond acceptors (Lipinski definition) is 4. The molecule has 4 N–H and O–H groups in total. The van der Waals surface area contributed by atoms with Crippen LogP contribution < -0.4 is 11.5 Å². The van der Waals surface area contributed by atoms with Crippen molar-refractivity contribution >= 4 is 11.9 Å². The van der Waals surface area contributed by atoms with Crippen molar-refractivity contribution in [2.24, 2.45) is 11.5 Å². The van der Waals surface area contributed by atoms with Gasteiger partial charge in [0, 0.05) is 0 Å². The highest BCUT2D eigenvalue weighted by Gasteiger charge is 2.16. The van der Waals surface area contributed by atoms with Gasteiger partial charge < -0.3 is 16.2 Å². The lowest BCUT2D eigenvalue weighted by atomic mass is 10.1. The van der Waals surface area contributed by atoms with Gasteiger partial charge in [0.2, 0.25) is 5.91 Å². The molecule has 124 valence electrons. The van der Waals surface area contributed by atoms with Gasteiger partial charge in [-0.1, -0.05) is 64.7 Å². The van der Waals surface area contributed by atoms with Crippen LogP contribution in [0.5, 0.6) is 0 Å². The molecule has 0 aliphatic rings. The molecule has 1 amide bonds. The van der Waals surface area contributed by atoms with Crippen LogP contribution in [0.4, 0.5) is 0 Å². The highest BCUT2D eigenvalue weighted by atomic mass is 16.5. The number of esters is 1. The van der Waals surface area contributed by atoms with Crippen LogP contribution in [-0.4, -0.2) is 24.5 Å². The molecule has 0 aromatic carbocycles. The topological polar surface area (TPSA) is 95.4 Å². The highest BCUT2D eigenvalue weighted by Crippen LogP contribution is 2.10. The zero-order chi connectivity index (χ0) is 15.9. The number of ether oxygens (including phenoxy) is 1. The normalized spacial score (nSPS) is 12.1. The van der Waals surface area contributed by atoms with E-state index in [4.69, 9.17) is 16.2 Å². The summed E-state index contributed by atoms with van der Waals surface area (Å²) in [5, 5.41) is 0. The fourth-order valence-corrected chi connectivity index (χ4v) is 2.17. The minimum absolute atomic E-state index is 0.156. The summed E-state index contributed by atoms with van der Waals surface area (Å²) < 4.78 is 5.00. The number of amides is 1. The van der Waals surface area contributed by atoms with Gasteiger partial charge in [0.05, 0.1) is 13.0 Å². The molecule has 5 nitrogen and oxygen atoms in total. The van der Waals surface area contributed by atoms with Gasteiger partial charge in [-0.25, -0.2) is 0 Å². The van der Waals surface area contributed by atoms with Gasteiger partial charge in [0.25, 0.3) is 0 Å². The number of carbonyl (C=O) groups excluding carboxylic acids is 2. The maximum absolute atomic E-state index is 11.4. The third kappa shape index (κ3) is 13.6. The third-order valence-electron chi connectivity index (χ3n) is 3.47. The van der Waals surface area contributed by atoms with E-state index >= 15 is 0 Å². The Morgan fingerprint density at radius 1 is 0.905 bits per heavy atom. The summed E-state index contributed by atoms with van der Waals surface area (Å²) in [4.78, 5) is 22.0. The smallest absolute Gasteiger partial charge is 0.323 e. The van der Waals surface area contributed by atoms with E-state index in [1.807, 2.05) is 0 Å². The predicted octanol–water partition coefficient (Wildman–Crippen LogP) is 2.65. The number of hydrogen-bond donors (Lipinski definition) is 2. The monoisotopic (exact) mass is 300 g/mol. The second kappa shape index (κ2) is 13.9. The Kier molecular flexibility index (Phi) is 13.1. The van der Waals surface area contributed by atoms with Crippen molar-refractivity contribution in [3.8, 4) is 0 Å². The molecule has 0 heterocycles. The lowest BCUT2D eigenvalue weighted by molar-refractivity contribution is -0.146. The van der Waals surface area contributed by atoms with Gasteiger partial charge in [-0.2, -0.15) is 0 Å². The minimum atomic E-state index is -0.925. The van der Waals surface area contributed by atoms with Crippen molar-refractivity contribution in [2.75, 3.05) is 6.61 Å². The number of nitrogens with two attached hydrogens (primary N) is 2. The Morgan fingerprint density at radius 3 is 1.86 bits per heavy atom. The average molecular weight is 300 g/mol. The summed E-state index contributed by atoms with van der Waals surface area (Å²) >= 11 is 0. The van der Waals surface area contributed by atoms with Crippen LogP contribution >= 0.6 is 0 Å². The molecule has 0 saturated carbocycles. The summed E-state index contributed by atoms with van der Waals surface area (Å²) in [6, 6.07) is -0.925. The van der Waals surface area contributed by atoms with E-state index in [-0.39, 0.29) is 6.42 Å². The SMILES string of the molecule is CCCCCCCCCCCCOC(=O)[C@@H](N)CC(N)=O. The molecule has 0 aromatic rings.